The predicted octanol–water partition coefficient (Wildman–Crippen LogP) is 9.58. The van der Waals surface area contributed by atoms with E-state index in [1.165, 1.54) is 23.7 Å². The van der Waals surface area contributed by atoms with Crippen molar-refractivity contribution in [3.05, 3.63) is 86.4 Å². The zero-order chi connectivity index (χ0) is 21.1. The van der Waals surface area contributed by atoms with Gasteiger partial charge in [0, 0.05) is 28.7 Å². The van der Waals surface area contributed by atoms with E-state index in [1.807, 2.05) is 54.6 Å². The molecule has 2 aromatic heterocycles. The monoisotopic (exact) mass is 492 g/mol. The average Bonchev–Trinajstić information content (AvgIpc) is 3.04. The molecule has 4 rings (SSSR count). The van der Waals surface area contributed by atoms with Crippen molar-refractivity contribution >= 4 is 79.8 Å². The Labute approximate surface area is 197 Å². The topological polar surface area (TPSA) is 49.6 Å². The predicted molar refractivity (Wildman–Crippen MR) is 128 cm³/mol. The second-order valence-corrected chi connectivity index (χ2v) is 8.93. The number of benzene rings is 2. The van der Waals surface area contributed by atoms with Gasteiger partial charge in [0.25, 0.3) is 0 Å². The van der Waals surface area contributed by atoms with Gasteiger partial charge in [0.2, 0.25) is 0 Å². The van der Waals surface area contributed by atoms with Gasteiger partial charge >= 0.3 is 0 Å². The van der Waals surface area contributed by atoms with Crippen molar-refractivity contribution in [2.45, 2.75) is 0 Å². The van der Waals surface area contributed by atoms with Gasteiger partial charge in [-0.15, -0.1) is 10.2 Å². The Morgan fingerprint density at radius 2 is 1.47 bits per heavy atom. The molecule has 0 aliphatic heterocycles. The van der Waals surface area contributed by atoms with E-state index in [4.69, 9.17) is 46.4 Å². The molecule has 0 fully saturated rings. The standard InChI is InChI=1S/C21H12Cl4N4S/c22-13-8-6-12(7-9-13)17-19(27-14-4-2-1-3-5-14)20(25)30-21(17)29-28-18-15(23)10-26-11-16(18)24/h1-11,27H. The number of halogens is 4. The largest absolute Gasteiger partial charge is 0.353 e. The second-order valence-electron chi connectivity index (χ2n) is 6.08. The van der Waals surface area contributed by atoms with Crippen molar-refractivity contribution in [3.8, 4) is 11.1 Å². The van der Waals surface area contributed by atoms with Crippen molar-refractivity contribution in [2.24, 2.45) is 10.2 Å². The second kappa shape index (κ2) is 9.33. The summed E-state index contributed by atoms with van der Waals surface area (Å²) in [4.78, 5) is 3.93. The molecule has 0 bridgehead atoms. The Kier molecular flexibility index (Phi) is 6.56. The van der Waals surface area contributed by atoms with E-state index >= 15 is 0 Å². The minimum Gasteiger partial charge on any atom is -0.353 e. The van der Waals surface area contributed by atoms with Gasteiger partial charge in [-0.1, -0.05) is 88.1 Å². The molecule has 4 nitrogen and oxygen atoms in total. The highest BCUT2D eigenvalue weighted by Crippen LogP contribution is 2.50. The quantitative estimate of drug-likeness (QED) is 0.281. The molecule has 2 aromatic carbocycles. The number of azo groups is 1. The van der Waals surface area contributed by atoms with Crippen LogP contribution in [0.25, 0.3) is 11.1 Å². The zero-order valence-electron chi connectivity index (χ0n) is 15.1. The molecule has 0 atom stereocenters. The summed E-state index contributed by atoms with van der Waals surface area (Å²) in [5, 5.41) is 13.9. The van der Waals surface area contributed by atoms with Crippen LogP contribution in [0.15, 0.2) is 77.2 Å². The van der Waals surface area contributed by atoms with Gasteiger partial charge in [-0.05, 0) is 29.8 Å². The van der Waals surface area contributed by atoms with Crippen molar-refractivity contribution in [1.29, 1.82) is 0 Å². The van der Waals surface area contributed by atoms with Crippen LogP contribution in [-0.2, 0) is 0 Å². The number of aromatic nitrogens is 1. The van der Waals surface area contributed by atoms with E-state index in [1.54, 1.807) is 0 Å². The molecular weight excluding hydrogens is 482 g/mol. The van der Waals surface area contributed by atoms with Gasteiger partial charge in [0.1, 0.15) is 15.0 Å². The van der Waals surface area contributed by atoms with E-state index in [2.05, 4.69) is 20.5 Å². The Bertz CT molecular complexity index is 1190. The first-order valence-corrected chi connectivity index (χ1v) is 11.0. The minimum absolute atomic E-state index is 0.310. The number of nitrogens with one attached hydrogen (secondary N) is 1. The van der Waals surface area contributed by atoms with Crippen LogP contribution in [0.4, 0.5) is 22.1 Å². The van der Waals surface area contributed by atoms with Gasteiger partial charge in [-0.3, -0.25) is 4.98 Å². The molecule has 2 heterocycles. The number of rotatable bonds is 5. The lowest BCUT2D eigenvalue weighted by atomic mass is 10.1. The summed E-state index contributed by atoms with van der Waals surface area (Å²) < 4.78 is 0.546. The molecule has 0 saturated heterocycles. The molecule has 0 radical (unpaired) electrons. The molecule has 4 aromatic rings. The number of anilines is 2. The molecule has 0 spiro atoms. The van der Waals surface area contributed by atoms with Crippen molar-refractivity contribution in [1.82, 2.24) is 4.98 Å². The minimum atomic E-state index is 0.310. The number of thiophene rings is 1. The van der Waals surface area contributed by atoms with Crippen LogP contribution in [0.5, 0.6) is 0 Å². The molecular formula is C21H12Cl4N4S. The van der Waals surface area contributed by atoms with E-state index in [9.17, 15) is 0 Å². The molecule has 0 saturated carbocycles. The first kappa shape index (κ1) is 21.1. The first-order valence-electron chi connectivity index (χ1n) is 8.64. The maximum absolute atomic E-state index is 6.59. The number of para-hydroxylation sites is 1. The summed E-state index contributed by atoms with van der Waals surface area (Å²) in [6.45, 7) is 0. The lowest BCUT2D eigenvalue weighted by Crippen LogP contribution is -1.91. The first-order chi connectivity index (χ1) is 14.5. The van der Waals surface area contributed by atoms with Gasteiger partial charge < -0.3 is 5.32 Å². The van der Waals surface area contributed by atoms with Crippen LogP contribution in [-0.4, -0.2) is 4.98 Å². The van der Waals surface area contributed by atoms with E-state index in [-0.39, 0.29) is 0 Å². The van der Waals surface area contributed by atoms with Crippen LogP contribution in [0, 0.1) is 0 Å². The summed E-state index contributed by atoms with van der Waals surface area (Å²) in [5.74, 6) is 0. The third kappa shape index (κ3) is 4.61. The molecule has 0 amide bonds. The average molecular weight is 494 g/mol. The molecule has 0 aliphatic rings. The van der Waals surface area contributed by atoms with Crippen LogP contribution < -0.4 is 5.32 Å². The van der Waals surface area contributed by atoms with Crippen molar-refractivity contribution in [2.75, 3.05) is 5.32 Å². The van der Waals surface area contributed by atoms with Crippen molar-refractivity contribution in [3.63, 3.8) is 0 Å². The lowest BCUT2D eigenvalue weighted by Gasteiger charge is -2.10. The van der Waals surface area contributed by atoms with Crippen LogP contribution >= 0.6 is 57.7 Å². The highest BCUT2D eigenvalue weighted by atomic mass is 35.5. The van der Waals surface area contributed by atoms with Gasteiger partial charge in [0.05, 0.1) is 15.7 Å². The van der Waals surface area contributed by atoms with Crippen molar-refractivity contribution < 1.29 is 0 Å². The fourth-order valence-corrected chi connectivity index (χ4v) is 4.48. The normalized spacial score (nSPS) is 11.2. The Hall–Kier alpha value is -2.15. The highest BCUT2D eigenvalue weighted by molar-refractivity contribution is 7.21. The Morgan fingerprint density at radius 1 is 0.800 bits per heavy atom. The summed E-state index contributed by atoms with van der Waals surface area (Å²) in [5.41, 5.74) is 3.67. The number of hydrogen-bond acceptors (Lipinski definition) is 5. The summed E-state index contributed by atoms with van der Waals surface area (Å²) in [6.07, 6.45) is 2.93. The fraction of sp³-hybridized carbons (Fsp3) is 0. The molecule has 0 unspecified atom stereocenters. The molecule has 9 heteroatoms. The molecule has 150 valence electrons. The van der Waals surface area contributed by atoms with Gasteiger partial charge in [-0.2, -0.15) is 0 Å². The smallest absolute Gasteiger partial charge is 0.150 e. The van der Waals surface area contributed by atoms with Gasteiger partial charge in [0.15, 0.2) is 0 Å². The van der Waals surface area contributed by atoms with Crippen LogP contribution in [0.2, 0.25) is 19.4 Å². The lowest BCUT2D eigenvalue weighted by molar-refractivity contribution is 1.22. The number of nitrogens with zero attached hydrogens (tertiary/aromatic N) is 3. The highest BCUT2D eigenvalue weighted by Gasteiger charge is 2.20. The van der Waals surface area contributed by atoms with Gasteiger partial charge in [-0.25, -0.2) is 0 Å². The van der Waals surface area contributed by atoms with Crippen LogP contribution in [0.3, 0.4) is 0 Å². The third-order valence-electron chi connectivity index (χ3n) is 4.09. The summed E-state index contributed by atoms with van der Waals surface area (Å²) in [7, 11) is 0. The maximum Gasteiger partial charge on any atom is 0.150 e. The Balaban J connectivity index is 1.83. The van der Waals surface area contributed by atoms with Crippen LogP contribution in [0.1, 0.15) is 0 Å². The third-order valence-corrected chi connectivity index (χ3v) is 6.18. The molecule has 0 aliphatic carbocycles. The summed E-state index contributed by atoms with van der Waals surface area (Å²) in [6, 6.07) is 17.2. The summed E-state index contributed by atoms with van der Waals surface area (Å²) >= 11 is 26.3. The molecule has 1 N–H and O–H groups in total. The molecule has 30 heavy (non-hydrogen) atoms. The van der Waals surface area contributed by atoms with E-state index in [0.717, 1.165) is 22.5 Å². The fourth-order valence-electron chi connectivity index (χ4n) is 2.72. The van der Waals surface area contributed by atoms with E-state index < -0.39 is 0 Å². The zero-order valence-corrected chi connectivity index (χ0v) is 19.0. The number of pyridine rings is 1. The maximum atomic E-state index is 6.59. The SMILES string of the molecule is Clc1ccc(-c2c(N=Nc3c(Cl)cncc3Cl)sc(Cl)c2Nc2ccccc2)cc1. The van der Waals surface area contributed by atoms with E-state index in [0.29, 0.717) is 30.1 Å². The Morgan fingerprint density at radius 3 is 2.13 bits per heavy atom. The number of hydrogen-bond donors (Lipinski definition) is 1.